The lowest BCUT2D eigenvalue weighted by molar-refractivity contribution is 0.508. The van der Waals surface area contributed by atoms with Crippen molar-refractivity contribution in [2.75, 3.05) is 0 Å². The van der Waals surface area contributed by atoms with Crippen LogP contribution >= 0.6 is 0 Å². The predicted octanol–water partition coefficient (Wildman–Crippen LogP) is 5.00. The van der Waals surface area contributed by atoms with E-state index in [1.165, 1.54) is 12.2 Å². The number of hydrogen-bond acceptors (Lipinski definition) is 0. The zero-order valence-electron chi connectivity index (χ0n) is 10.2. The molecule has 4 heteroatoms. The zero-order chi connectivity index (χ0) is 14.0. The molecule has 0 N–H and O–H groups in total. The first-order chi connectivity index (χ1) is 9.58. The molecule has 0 saturated heterocycles. The molecule has 0 radical (unpaired) electrons. The summed E-state index contributed by atoms with van der Waals surface area (Å²) in [5.41, 5.74) is 2.15. The van der Waals surface area contributed by atoms with Crippen LogP contribution in [0.4, 0.5) is 17.6 Å². The van der Waals surface area contributed by atoms with Crippen molar-refractivity contribution in [2.24, 2.45) is 0 Å². The largest absolute Gasteiger partial charge is 0.207 e. The summed E-state index contributed by atoms with van der Waals surface area (Å²) in [6.07, 6.45) is 3.79. The lowest BCUT2D eigenvalue weighted by Crippen LogP contribution is -1.98. The van der Waals surface area contributed by atoms with Crippen molar-refractivity contribution in [3.05, 3.63) is 69.3 Å². The van der Waals surface area contributed by atoms with Gasteiger partial charge >= 0.3 is 0 Å². The van der Waals surface area contributed by atoms with Crippen LogP contribution in [-0.4, -0.2) is 0 Å². The maximum absolute atomic E-state index is 14.3. The van der Waals surface area contributed by atoms with Crippen molar-refractivity contribution < 1.29 is 17.6 Å². The third kappa shape index (κ3) is 1.31. The molecule has 0 atom stereocenters. The standard InChI is InChI=1S/C16H8F4/c17-11-3-1-2-8-14-9-6-13(19)12(18)5-7(9)4-10(14)16(20)15(8)11/h3-6H,1-2H2. The Kier molecular flexibility index (Phi) is 2.18. The number of allylic oxidation sites excluding steroid dienone is 7. The summed E-state index contributed by atoms with van der Waals surface area (Å²) in [7, 11) is 0. The molecule has 3 aliphatic rings. The molecule has 0 unspecified atom stereocenters. The van der Waals surface area contributed by atoms with Gasteiger partial charge in [-0.25, -0.2) is 17.6 Å². The van der Waals surface area contributed by atoms with E-state index < -0.39 is 23.3 Å². The molecule has 0 heterocycles. The van der Waals surface area contributed by atoms with Gasteiger partial charge in [0.1, 0.15) is 11.7 Å². The molecule has 0 nitrogen and oxygen atoms in total. The summed E-state index contributed by atoms with van der Waals surface area (Å²) in [5.74, 6) is -3.16. The minimum absolute atomic E-state index is 0.0205. The molecular weight excluding hydrogens is 268 g/mol. The maximum Gasteiger partial charge on any atom is 0.159 e. The lowest BCUT2D eigenvalue weighted by atomic mass is 9.91. The summed E-state index contributed by atoms with van der Waals surface area (Å²) in [4.78, 5) is 0. The predicted molar refractivity (Wildman–Crippen MR) is 67.8 cm³/mol. The molecule has 1 aromatic carbocycles. The van der Waals surface area contributed by atoms with E-state index in [4.69, 9.17) is 0 Å². The highest BCUT2D eigenvalue weighted by Gasteiger charge is 2.37. The van der Waals surface area contributed by atoms with Crippen LogP contribution in [0.5, 0.6) is 0 Å². The van der Waals surface area contributed by atoms with Crippen molar-refractivity contribution in [3.8, 4) is 0 Å². The molecule has 0 bridgehead atoms. The van der Waals surface area contributed by atoms with Gasteiger partial charge < -0.3 is 0 Å². The smallest absolute Gasteiger partial charge is 0.159 e. The van der Waals surface area contributed by atoms with Gasteiger partial charge in [0, 0.05) is 5.57 Å². The maximum atomic E-state index is 14.3. The molecule has 0 spiro atoms. The van der Waals surface area contributed by atoms with E-state index in [1.807, 2.05) is 0 Å². The van der Waals surface area contributed by atoms with Gasteiger partial charge in [0.2, 0.25) is 0 Å². The van der Waals surface area contributed by atoms with E-state index in [-0.39, 0.29) is 11.1 Å². The molecule has 3 aliphatic carbocycles. The fraction of sp³-hybridized carbons (Fsp3) is 0.125. The Labute approximate surface area is 112 Å². The first-order valence-corrected chi connectivity index (χ1v) is 6.29. The number of halogens is 4. The van der Waals surface area contributed by atoms with Crippen LogP contribution < -0.4 is 0 Å². The molecule has 0 fully saturated rings. The minimum atomic E-state index is -0.979. The Hall–Kier alpha value is -2.10. The molecule has 0 aromatic heterocycles. The van der Waals surface area contributed by atoms with Gasteiger partial charge in [0.05, 0.1) is 5.57 Å². The van der Waals surface area contributed by atoms with E-state index >= 15 is 0 Å². The highest BCUT2D eigenvalue weighted by atomic mass is 19.2. The number of fused-ring (bicyclic) bond motifs is 4. The van der Waals surface area contributed by atoms with Gasteiger partial charge in [0.15, 0.2) is 11.6 Å². The molecule has 4 rings (SSSR count). The number of hydrogen-bond donors (Lipinski definition) is 0. The Bertz CT molecular complexity index is 791. The van der Waals surface area contributed by atoms with Crippen molar-refractivity contribution >= 4 is 11.6 Å². The second kappa shape index (κ2) is 3.72. The average Bonchev–Trinajstić information content (AvgIpc) is 2.89. The van der Waals surface area contributed by atoms with Crippen LogP contribution in [0.25, 0.3) is 11.6 Å². The quantitative estimate of drug-likeness (QED) is 0.585. The summed E-state index contributed by atoms with van der Waals surface area (Å²) >= 11 is 0. The molecular formula is C16H8F4. The van der Waals surface area contributed by atoms with Gasteiger partial charge in [-0.05, 0) is 59.4 Å². The first-order valence-electron chi connectivity index (χ1n) is 6.29. The van der Waals surface area contributed by atoms with E-state index in [0.29, 0.717) is 35.1 Å². The van der Waals surface area contributed by atoms with E-state index in [0.717, 1.165) is 12.1 Å². The lowest BCUT2D eigenvalue weighted by Gasteiger charge is -2.14. The first kappa shape index (κ1) is 11.7. The van der Waals surface area contributed by atoms with Crippen LogP contribution in [-0.2, 0) is 0 Å². The zero-order valence-corrected chi connectivity index (χ0v) is 10.2. The van der Waals surface area contributed by atoms with Crippen molar-refractivity contribution in [3.63, 3.8) is 0 Å². The number of rotatable bonds is 0. The summed E-state index contributed by atoms with van der Waals surface area (Å²) in [6, 6.07) is 2.11. The van der Waals surface area contributed by atoms with E-state index in [2.05, 4.69) is 0 Å². The Balaban J connectivity index is 2.02. The fourth-order valence-electron chi connectivity index (χ4n) is 3.11. The molecule has 100 valence electrons. The summed E-state index contributed by atoms with van der Waals surface area (Å²) < 4.78 is 54.8. The van der Waals surface area contributed by atoms with Crippen LogP contribution in [0.2, 0.25) is 0 Å². The SMILES string of the molecule is FC1=CCCC2=C3C(=Cc4cc(F)c(F)cc43)C(F)=C12. The van der Waals surface area contributed by atoms with Gasteiger partial charge in [0.25, 0.3) is 0 Å². The highest BCUT2D eigenvalue weighted by Crippen LogP contribution is 2.53. The van der Waals surface area contributed by atoms with Crippen LogP contribution in [0.15, 0.2) is 46.6 Å². The Morgan fingerprint density at radius 1 is 0.900 bits per heavy atom. The van der Waals surface area contributed by atoms with E-state index in [9.17, 15) is 17.6 Å². The van der Waals surface area contributed by atoms with Crippen LogP contribution in [0, 0.1) is 11.6 Å². The molecule has 0 amide bonds. The van der Waals surface area contributed by atoms with Gasteiger partial charge in [-0.1, -0.05) is 0 Å². The third-order valence-corrected chi connectivity index (χ3v) is 3.95. The van der Waals surface area contributed by atoms with Crippen molar-refractivity contribution in [2.45, 2.75) is 12.8 Å². The molecule has 0 aliphatic heterocycles. The molecule has 0 saturated carbocycles. The van der Waals surface area contributed by atoms with Crippen molar-refractivity contribution in [1.29, 1.82) is 0 Å². The second-order valence-electron chi connectivity index (χ2n) is 5.04. The van der Waals surface area contributed by atoms with Gasteiger partial charge in [-0.2, -0.15) is 0 Å². The van der Waals surface area contributed by atoms with Crippen molar-refractivity contribution in [1.82, 2.24) is 0 Å². The topological polar surface area (TPSA) is 0 Å². The highest BCUT2D eigenvalue weighted by molar-refractivity contribution is 6.04. The molecule has 1 aromatic rings. The Morgan fingerprint density at radius 3 is 2.45 bits per heavy atom. The normalized spacial score (nSPS) is 19.8. The monoisotopic (exact) mass is 276 g/mol. The van der Waals surface area contributed by atoms with Crippen LogP contribution in [0.3, 0.4) is 0 Å². The number of benzene rings is 1. The fourth-order valence-corrected chi connectivity index (χ4v) is 3.11. The minimum Gasteiger partial charge on any atom is -0.207 e. The molecule has 20 heavy (non-hydrogen) atoms. The average molecular weight is 276 g/mol. The van der Waals surface area contributed by atoms with Gasteiger partial charge in [-0.3, -0.25) is 0 Å². The second-order valence-corrected chi connectivity index (χ2v) is 5.04. The Morgan fingerprint density at radius 2 is 1.65 bits per heavy atom. The van der Waals surface area contributed by atoms with E-state index in [1.54, 1.807) is 0 Å². The third-order valence-electron chi connectivity index (χ3n) is 3.95. The summed E-state index contributed by atoms with van der Waals surface area (Å²) in [5, 5.41) is 0. The summed E-state index contributed by atoms with van der Waals surface area (Å²) in [6.45, 7) is 0. The van der Waals surface area contributed by atoms with Crippen LogP contribution in [0.1, 0.15) is 24.0 Å². The van der Waals surface area contributed by atoms with Gasteiger partial charge in [-0.15, -0.1) is 0 Å².